The van der Waals surface area contributed by atoms with E-state index in [0.717, 1.165) is 30.0 Å². The molecule has 0 saturated heterocycles. The maximum atomic E-state index is 13.9. The monoisotopic (exact) mass is 705 g/mol. The number of benzene rings is 3. The molecule has 0 aromatic heterocycles. The number of aryl methyl sites for hydroxylation is 1. The highest BCUT2D eigenvalue weighted by atomic mass is 32.2. The molecule has 47 heavy (non-hydrogen) atoms. The van der Waals surface area contributed by atoms with E-state index < -0.39 is 29.5 Å². The molecular formula is C30H37F6N7O2S2. The summed E-state index contributed by atoms with van der Waals surface area (Å²) in [4.78, 5) is 13.4. The van der Waals surface area contributed by atoms with Gasteiger partial charge >= 0.3 is 18.4 Å². The van der Waals surface area contributed by atoms with Crippen LogP contribution in [0.1, 0.15) is 23.1 Å². The van der Waals surface area contributed by atoms with Gasteiger partial charge in [0, 0.05) is 64.9 Å². The minimum Gasteiger partial charge on any atom is -0.457 e. The van der Waals surface area contributed by atoms with Gasteiger partial charge in [0.1, 0.15) is 11.5 Å². The van der Waals surface area contributed by atoms with Crippen LogP contribution in [0, 0.1) is 0 Å². The minimum absolute atomic E-state index is 0.0170. The SMILES string of the molecule is NCCCc1cc(NC(=O)Nc2cc(C(F)(F)F)c(SCCN)cc2SCCN)ccc1Oc1cc(NCCN)cc(C(F)(F)F)c1. The first-order valence-electron chi connectivity index (χ1n) is 14.4. The van der Waals surface area contributed by atoms with Crippen LogP contribution in [0.25, 0.3) is 0 Å². The highest BCUT2D eigenvalue weighted by molar-refractivity contribution is 8.00. The summed E-state index contributed by atoms with van der Waals surface area (Å²) in [5.41, 5.74) is 21.3. The number of urea groups is 1. The van der Waals surface area contributed by atoms with Crippen LogP contribution < -0.4 is 43.6 Å². The Hall–Kier alpha value is -3.35. The van der Waals surface area contributed by atoms with Crippen molar-refractivity contribution in [3.63, 3.8) is 0 Å². The number of anilines is 3. The molecule has 0 aliphatic heterocycles. The van der Waals surface area contributed by atoms with Gasteiger partial charge < -0.3 is 43.6 Å². The Morgan fingerprint density at radius 2 is 1.45 bits per heavy atom. The molecule has 0 unspecified atom stereocenters. The van der Waals surface area contributed by atoms with Crippen LogP contribution in [-0.2, 0) is 18.8 Å². The van der Waals surface area contributed by atoms with Crippen molar-refractivity contribution in [3.05, 3.63) is 65.2 Å². The number of alkyl halides is 6. The molecule has 0 aliphatic carbocycles. The summed E-state index contributed by atoms with van der Waals surface area (Å²) in [6.45, 7) is 1.19. The Bertz CT molecular complexity index is 1490. The fourth-order valence-electron chi connectivity index (χ4n) is 4.25. The second-order valence-corrected chi connectivity index (χ2v) is 12.2. The van der Waals surface area contributed by atoms with E-state index in [2.05, 4.69) is 16.0 Å². The lowest BCUT2D eigenvalue weighted by Gasteiger charge is -2.19. The zero-order chi connectivity index (χ0) is 34.6. The smallest absolute Gasteiger partial charge is 0.417 e. The van der Waals surface area contributed by atoms with Crippen LogP contribution in [0.15, 0.2) is 58.3 Å². The predicted molar refractivity (Wildman–Crippen MR) is 177 cm³/mol. The van der Waals surface area contributed by atoms with Gasteiger partial charge in [0.05, 0.1) is 16.8 Å². The maximum absolute atomic E-state index is 13.9. The molecule has 3 aromatic rings. The number of hydrogen-bond donors (Lipinski definition) is 7. The number of rotatable bonds is 16. The second-order valence-electron chi connectivity index (χ2n) is 9.97. The van der Waals surface area contributed by atoms with E-state index in [1.807, 2.05) is 0 Å². The number of nitrogens with one attached hydrogen (secondary N) is 3. The van der Waals surface area contributed by atoms with Gasteiger partial charge in [0.15, 0.2) is 0 Å². The highest BCUT2D eigenvalue weighted by Gasteiger charge is 2.35. The number of nitrogens with two attached hydrogens (primary N) is 4. The molecule has 3 aromatic carbocycles. The van der Waals surface area contributed by atoms with Gasteiger partial charge in [-0.2, -0.15) is 26.3 Å². The van der Waals surface area contributed by atoms with Gasteiger partial charge in [0.2, 0.25) is 0 Å². The van der Waals surface area contributed by atoms with Crippen molar-refractivity contribution in [3.8, 4) is 11.5 Å². The van der Waals surface area contributed by atoms with Crippen molar-refractivity contribution in [2.75, 3.05) is 60.2 Å². The zero-order valence-corrected chi connectivity index (χ0v) is 26.8. The summed E-state index contributed by atoms with van der Waals surface area (Å²) in [6, 6.07) is 9.15. The summed E-state index contributed by atoms with van der Waals surface area (Å²) in [5.74, 6) is 0.812. The first-order valence-corrected chi connectivity index (χ1v) is 16.4. The lowest BCUT2D eigenvalue weighted by molar-refractivity contribution is -0.140. The number of amides is 2. The number of ether oxygens (including phenoxy) is 1. The molecule has 0 fully saturated rings. The third-order valence-electron chi connectivity index (χ3n) is 6.29. The first kappa shape index (κ1) is 38.1. The number of hydrogen-bond acceptors (Lipinski definition) is 9. The molecule has 0 saturated carbocycles. The number of carbonyl (C=O) groups excluding carboxylic acids is 1. The summed E-state index contributed by atoms with van der Waals surface area (Å²) in [5, 5.41) is 7.93. The second kappa shape index (κ2) is 17.7. The lowest BCUT2D eigenvalue weighted by Crippen LogP contribution is -2.21. The van der Waals surface area contributed by atoms with E-state index in [0.29, 0.717) is 35.6 Å². The number of halogens is 6. The van der Waals surface area contributed by atoms with Gasteiger partial charge in [-0.1, -0.05) is 0 Å². The number of carbonyl (C=O) groups is 1. The Kier molecular flexibility index (Phi) is 14.4. The molecule has 2 amide bonds. The van der Waals surface area contributed by atoms with E-state index in [1.54, 1.807) is 6.07 Å². The van der Waals surface area contributed by atoms with Crippen molar-refractivity contribution in [1.29, 1.82) is 0 Å². The van der Waals surface area contributed by atoms with E-state index in [4.69, 9.17) is 27.7 Å². The quantitative estimate of drug-likeness (QED) is 0.0649. The summed E-state index contributed by atoms with van der Waals surface area (Å²) >= 11 is 2.16. The van der Waals surface area contributed by atoms with Crippen molar-refractivity contribution < 1.29 is 35.9 Å². The van der Waals surface area contributed by atoms with E-state index in [1.165, 1.54) is 36.0 Å². The maximum Gasteiger partial charge on any atom is 0.417 e. The molecule has 17 heteroatoms. The third-order valence-corrected chi connectivity index (χ3v) is 8.47. The predicted octanol–water partition coefficient (Wildman–Crippen LogP) is 6.52. The Balaban J connectivity index is 1.90. The standard InChI is InChI=1S/C30H37F6N7O2S2/c31-29(32,33)19-13-21(41-9-6-38)15-22(14-19)45-25-4-3-20(12-18(25)2-1-5-37)42-28(44)43-24-16-23(30(34,35)36)26(46-10-7-39)17-27(24)47-11-8-40/h3-4,12-17,41H,1-2,5-11,37-40H2,(H2,42,43,44). The molecule has 0 heterocycles. The fourth-order valence-corrected chi connectivity index (χ4v) is 6.00. The fraction of sp³-hybridized carbons (Fsp3) is 0.367. The molecular weight excluding hydrogens is 668 g/mol. The van der Waals surface area contributed by atoms with Crippen LogP contribution in [-0.4, -0.2) is 50.3 Å². The van der Waals surface area contributed by atoms with E-state index in [9.17, 15) is 31.1 Å². The van der Waals surface area contributed by atoms with Crippen molar-refractivity contribution in [1.82, 2.24) is 0 Å². The van der Waals surface area contributed by atoms with E-state index >= 15 is 0 Å². The summed E-state index contributed by atoms with van der Waals surface area (Å²) < 4.78 is 88.4. The van der Waals surface area contributed by atoms with Gasteiger partial charge in [0.25, 0.3) is 0 Å². The molecule has 0 radical (unpaired) electrons. The summed E-state index contributed by atoms with van der Waals surface area (Å²) in [6.07, 6.45) is -8.46. The average molecular weight is 706 g/mol. The van der Waals surface area contributed by atoms with Crippen LogP contribution in [0.2, 0.25) is 0 Å². The molecule has 0 aliphatic rings. The Labute approximate surface area is 276 Å². The largest absolute Gasteiger partial charge is 0.457 e. The number of thioether (sulfide) groups is 2. The molecule has 0 bridgehead atoms. The van der Waals surface area contributed by atoms with Gasteiger partial charge in [-0.05, 0) is 67.4 Å². The molecule has 9 nitrogen and oxygen atoms in total. The van der Waals surface area contributed by atoms with Gasteiger partial charge in [-0.15, -0.1) is 23.5 Å². The Morgan fingerprint density at radius 3 is 2.06 bits per heavy atom. The lowest BCUT2D eigenvalue weighted by atomic mass is 10.1. The van der Waals surface area contributed by atoms with Gasteiger partial charge in [-0.25, -0.2) is 4.79 Å². The van der Waals surface area contributed by atoms with E-state index in [-0.39, 0.29) is 65.4 Å². The summed E-state index contributed by atoms with van der Waals surface area (Å²) in [7, 11) is 0. The van der Waals surface area contributed by atoms with Crippen LogP contribution >= 0.6 is 23.5 Å². The van der Waals surface area contributed by atoms with Crippen LogP contribution in [0.4, 0.5) is 48.2 Å². The molecule has 11 N–H and O–H groups in total. The molecule has 0 spiro atoms. The Morgan fingerprint density at radius 1 is 0.745 bits per heavy atom. The molecule has 258 valence electrons. The third kappa shape index (κ3) is 11.7. The van der Waals surface area contributed by atoms with Crippen LogP contribution in [0.3, 0.4) is 0 Å². The normalized spacial score (nSPS) is 11.8. The van der Waals surface area contributed by atoms with Crippen LogP contribution in [0.5, 0.6) is 11.5 Å². The highest BCUT2D eigenvalue weighted by Crippen LogP contribution is 2.42. The van der Waals surface area contributed by atoms with Crippen molar-refractivity contribution in [2.45, 2.75) is 35.0 Å². The van der Waals surface area contributed by atoms with Gasteiger partial charge in [-0.3, -0.25) is 0 Å². The molecule has 0 atom stereocenters. The zero-order valence-electron chi connectivity index (χ0n) is 25.2. The average Bonchev–Trinajstić information content (AvgIpc) is 3.01. The van der Waals surface area contributed by atoms with Crippen molar-refractivity contribution in [2.24, 2.45) is 22.9 Å². The molecule has 3 rings (SSSR count). The first-order chi connectivity index (χ1) is 22.3. The van der Waals surface area contributed by atoms with Crippen molar-refractivity contribution >= 4 is 46.6 Å². The minimum atomic E-state index is -4.69. The topological polar surface area (TPSA) is 166 Å².